The Kier molecular flexibility index (Phi) is 3.33. The number of amides is 1. The zero-order valence-corrected chi connectivity index (χ0v) is 8.43. The van der Waals surface area contributed by atoms with Crippen molar-refractivity contribution in [2.24, 2.45) is 5.73 Å². The average molecular weight is 209 g/mol. The average Bonchev–Trinajstić information content (AvgIpc) is 2.18. The molecule has 1 atom stereocenters. The summed E-state index contributed by atoms with van der Waals surface area (Å²) in [7, 11) is 0. The Morgan fingerprint density at radius 2 is 2.07 bits per heavy atom. The van der Waals surface area contributed by atoms with Gasteiger partial charge in [0.1, 0.15) is 0 Å². The van der Waals surface area contributed by atoms with E-state index >= 15 is 0 Å². The van der Waals surface area contributed by atoms with Crippen LogP contribution >= 0.6 is 0 Å². The molecule has 1 aromatic heterocycles. The Morgan fingerprint density at radius 3 is 2.53 bits per heavy atom. The molecule has 1 aromatic rings. The molecule has 2 N–H and O–H groups in total. The van der Waals surface area contributed by atoms with Crippen molar-refractivity contribution in [3.05, 3.63) is 23.8 Å². The predicted molar refractivity (Wildman–Crippen MR) is 50.8 cm³/mol. The number of hydrogen-bond donors (Lipinski definition) is 1. The van der Waals surface area contributed by atoms with Crippen LogP contribution in [0.3, 0.4) is 0 Å². The van der Waals surface area contributed by atoms with Gasteiger partial charge in [0, 0.05) is 6.20 Å². The van der Waals surface area contributed by atoms with Gasteiger partial charge in [-0.3, -0.25) is 9.78 Å². The van der Waals surface area contributed by atoms with E-state index in [1.807, 2.05) is 0 Å². The van der Waals surface area contributed by atoms with Gasteiger partial charge >= 0.3 is 5.97 Å². The summed E-state index contributed by atoms with van der Waals surface area (Å²) >= 11 is 0. The van der Waals surface area contributed by atoms with E-state index < -0.39 is 18.0 Å². The summed E-state index contributed by atoms with van der Waals surface area (Å²) in [5.74, 6) is -1.42. The van der Waals surface area contributed by atoms with Crippen LogP contribution in [-0.4, -0.2) is 27.9 Å². The van der Waals surface area contributed by atoms with Gasteiger partial charge in [-0.1, -0.05) is 0 Å². The van der Waals surface area contributed by atoms with Crippen molar-refractivity contribution in [2.45, 2.75) is 20.0 Å². The number of esters is 1. The highest BCUT2D eigenvalue weighted by atomic mass is 16.5. The maximum absolute atomic E-state index is 11.3. The summed E-state index contributed by atoms with van der Waals surface area (Å²) in [6.45, 7) is 3.13. The fraction of sp³-hybridized carbons (Fsp3) is 0.333. The number of rotatable bonds is 3. The fourth-order valence-corrected chi connectivity index (χ4v) is 0.777. The molecule has 1 amide bonds. The number of primary amides is 1. The minimum Gasteiger partial charge on any atom is -0.448 e. The van der Waals surface area contributed by atoms with E-state index in [1.165, 1.54) is 19.3 Å². The monoisotopic (exact) mass is 209 g/mol. The largest absolute Gasteiger partial charge is 0.448 e. The van der Waals surface area contributed by atoms with Crippen molar-refractivity contribution in [1.29, 1.82) is 0 Å². The van der Waals surface area contributed by atoms with Crippen LogP contribution in [0.2, 0.25) is 0 Å². The third kappa shape index (κ3) is 3.01. The molecule has 15 heavy (non-hydrogen) atoms. The zero-order valence-electron chi connectivity index (χ0n) is 8.43. The van der Waals surface area contributed by atoms with E-state index in [2.05, 4.69) is 9.97 Å². The van der Waals surface area contributed by atoms with Crippen LogP contribution in [-0.2, 0) is 9.53 Å². The van der Waals surface area contributed by atoms with Gasteiger partial charge in [-0.05, 0) is 13.8 Å². The van der Waals surface area contributed by atoms with Gasteiger partial charge in [0.25, 0.3) is 5.91 Å². The first-order valence-electron chi connectivity index (χ1n) is 4.29. The van der Waals surface area contributed by atoms with Gasteiger partial charge in [-0.15, -0.1) is 0 Å². The second-order valence-corrected chi connectivity index (χ2v) is 2.99. The van der Waals surface area contributed by atoms with Gasteiger partial charge in [-0.25, -0.2) is 9.78 Å². The van der Waals surface area contributed by atoms with E-state index in [9.17, 15) is 9.59 Å². The first-order chi connectivity index (χ1) is 7.00. The van der Waals surface area contributed by atoms with Crippen molar-refractivity contribution in [3.63, 3.8) is 0 Å². The van der Waals surface area contributed by atoms with E-state index in [0.717, 1.165) is 0 Å². The third-order valence-corrected chi connectivity index (χ3v) is 1.67. The summed E-state index contributed by atoms with van der Waals surface area (Å²) in [6, 6.07) is 0. The molecule has 6 heteroatoms. The topological polar surface area (TPSA) is 95.2 Å². The Bertz CT molecular complexity index is 375. The predicted octanol–water partition coefficient (Wildman–Crippen LogP) is -0.184. The molecule has 0 radical (unpaired) electrons. The molecule has 0 aliphatic heterocycles. The van der Waals surface area contributed by atoms with Crippen LogP contribution in [0.4, 0.5) is 0 Å². The Balaban J connectivity index is 2.69. The van der Waals surface area contributed by atoms with Crippen molar-refractivity contribution in [1.82, 2.24) is 9.97 Å². The van der Waals surface area contributed by atoms with Crippen LogP contribution in [0.1, 0.15) is 23.1 Å². The molecule has 80 valence electrons. The second-order valence-electron chi connectivity index (χ2n) is 2.99. The molecule has 6 nitrogen and oxygen atoms in total. The van der Waals surface area contributed by atoms with Crippen LogP contribution < -0.4 is 5.73 Å². The van der Waals surface area contributed by atoms with Gasteiger partial charge in [0.05, 0.1) is 11.9 Å². The highest BCUT2D eigenvalue weighted by Crippen LogP contribution is 2.00. The molecule has 1 unspecified atom stereocenters. The van der Waals surface area contributed by atoms with Gasteiger partial charge in [0.2, 0.25) is 0 Å². The number of aryl methyl sites for hydroxylation is 1. The van der Waals surface area contributed by atoms with Crippen molar-refractivity contribution in [3.8, 4) is 0 Å². The highest BCUT2D eigenvalue weighted by molar-refractivity contribution is 5.89. The van der Waals surface area contributed by atoms with Crippen molar-refractivity contribution in [2.75, 3.05) is 0 Å². The molecular formula is C9H11N3O3. The van der Waals surface area contributed by atoms with Crippen LogP contribution in [0, 0.1) is 6.92 Å². The molecule has 0 bridgehead atoms. The molecule has 1 heterocycles. The highest BCUT2D eigenvalue weighted by Gasteiger charge is 2.17. The summed E-state index contributed by atoms with van der Waals surface area (Å²) in [4.78, 5) is 29.6. The van der Waals surface area contributed by atoms with Crippen molar-refractivity contribution >= 4 is 11.9 Å². The number of hydrogen-bond acceptors (Lipinski definition) is 5. The summed E-state index contributed by atoms with van der Waals surface area (Å²) in [5.41, 5.74) is 5.67. The minimum absolute atomic E-state index is 0.0497. The molecule has 1 rings (SSSR count). The number of ether oxygens (including phenoxy) is 1. The molecule has 0 aliphatic carbocycles. The molecule has 0 saturated carbocycles. The first kappa shape index (κ1) is 11.1. The Labute approximate surface area is 86.5 Å². The van der Waals surface area contributed by atoms with Crippen LogP contribution in [0.25, 0.3) is 0 Å². The molecule has 0 saturated heterocycles. The van der Waals surface area contributed by atoms with Crippen LogP contribution in [0.5, 0.6) is 0 Å². The van der Waals surface area contributed by atoms with E-state index in [4.69, 9.17) is 10.5 Å². The van der Waals surface area contributed by atoms with E-state index in [-0.39, 0.29) is 5.69 Å². The number of carbonyl (C=O) groups is 2. The first-order valence-corrected chi connectivity index (χ1v) is 4.29. The van der Waals surface area contributed by atoms with E-state index in [1.54, 1.807) is 6.92 Å². The minimum atomic E-state index is -0.972. The second kappa shape index (κ2) is 4.50. The molecule has 0 spiro atoms. The van der Waals surface area contributed by atoms with Crippen LogP contribution in [0.15, 0.2) is 12.4 Å². The lowest BCUT2D eigenvalue weighted by Gasteiger charge is -2.08. The molecular weight excluding hydrogens is 198 g/mol. The lowest BCUT2D eigenvalue weighted by Crippen LogP contribution is -2.30. The van der Waals surface area contributed by atoms with E-state index in [0.29, 0.717) is 5.69 Å². The SMILES string of the molecule is Cc1cnc(C(=O)OC(C)C(N)=O)cn1. The Hall–Kier alpha value is -1.98. The number of nitrogens with two attached hydrogens (primary N) is 1. The fourth-order valence-electron chi connectivity index (χ4n) is 0.777. The van der Waals surface area contributed by atoms with Gasteiger partial charge in [0.15, 0.2) is 11.8 Å². The maximum atomic E-state index is 11.3. The summed E-state index contributed by atoms with van der Waals surface area (Å²) < 4.78 is 4.72. The Morgan fingerprint density at radius 1 is 1.40 bits per heavy atom. The third-order valence-electron chi connectivity index (χ3n) is 1.67. The lowest BCUT2D eigenvalue weighted by atomic mass is 10.4. The summed E-state index contributed by atoms with van der Waals surface area (Å²) in [6.07, 6.45) is 1.75. The molecule has 0 aliphatic rings. The quantitative estimate of drug-likeness (QED) is 0.696. The number of nitrogens with zero attached hydrogens (tertiary/aromatic N) is 2. The smallest absolute Gasteiger partial charge is 0.359 e. The maximum Gasteiger partial charge on any atom is 0.359 e. The summed E-state index contributed by atoms with van der Waals surface area (Å²) in [5, 5.41) is 0. The lowest BCUT2D eigenvalue weighted by molar-refractivity contribution is -0.125. The normalized spacial score (nSPS) is 11.9. The van der Waals surface area contributed by atoms with Gasteiger partial charge in [-0.2, -0.15) is 0 Å². The standard InChI is InChI=1S/C9H11N3O3/c1-5-3-12-7(4-11-5)9(14)15-6(2)8(10)13/h3-4,6H,1-2H3,(H2,10,13). The number of carbonyl (C=O) groups excluding carboxylic acids is 2. The van der Waals surface area contributed by atoms with Gasteiger partial charge < -0.3 is 10.5 Å². The molecule has 0 fully saturated rings. The molecule has 0 aromatic carbocycles. The number of aromatic nitrogens is 2. The zero-order chi connectivity index (χ0) is 11.4. The van der Waals surface area contributed by atoms with Crippen molar-refractivity contribution < 1.29 is 14.3 Å².